The van der Waals surface area contributed by atoms with Gasteiger partial charge in [0.25, 0.3) is 0 Å². The summed E-state index contributed by atoms with van der Waals surface area (Å²) in [7, 11) is 0. The normalized spacial score (nSPS) is 10.3. The molecule has 0 heterocycles. The molecular weight excluding hydrogens is 219 g/mol. The maximum atomic E-state index is 13.0. The molecule has 17 heavy (non-hydrogen) atoms. The topological polar surface area (TPSA) is 29.5 Å². The Balaban J connectivity index is 2.33. The zero-order valence-corrected chi connectivity index (χ0v) is 9.48. The van der Waals surface area contributed by atoms with Crippen LogP contribution in [0, 0.1) is 12.7 Å². The second-order valence-corrected chi connectivity index (χ2v) is 3.78. The predicted molar refractivity (Wildman–Crippen MR) is 63.6 cm³/mol. The molecule has 0 aromatic heterocycles. The van der Waals surface area contributed by atoms with Gasteiger partial charge in [-0.1, -0.05) is 18.2 Å². The van der Waals surface area contributed by atoms with Crippen LogP contribution in [0.2, 0.25) is 0 Å². The van der Waals surface area contributed by atoms with Gasteiger partial charge in [0.1, 0.15) is 17.3 Å². The summed E-state index contributed by atoms with van der Waals surface area (Å²) >= 11 is 0. The van der Waals surface area contributed by atoms with E-state index in [2.05, 4.69) is 0 Å². The first-order valence-electron chi connectivity index (χ1n) is 5.33. The molecule has 0 unspecified atom stereocenters. The van der Waals surface area contributed by atoms with Crippen molar-refractivity contribution in [2.75, 3.05) is 0 Å². The minimum Gasteiger partial charge on any atom is -0.457 e. The van der Waals surface area contributed by atoms with Gasteiger partial charge in [-0.25, -0.2) is 4.39 Å². The van der Waals surface area contributed by atoms with Crippen molar-refractivity contribution in [3.8, 4) is 11.5 Å². The van der Waals surface area contributed by atoms with Gasteiger partial charge >= 0.3 is 0 Å². The molecule has 0 spiro atoms. The Hall–Kier alpha value is -1.87. The van der Waals surface area contributed by atoms with Crippen LogP contribution in [0.5, 0.6) is 11.5 Å². The fourth-order valence-corrected chi connectivity index (χ4v) is 1.56. The maximum absolute atomic E-state index is 13.0. The molecule has 2 aromatic carbocycles. The van der Waals surface area contributed by atoms with Gasteiger partial charge in [0.2, 0.25) is 0 Å². The van der Waals surface area contributed by atoms with Crippen molar-refractivity contribution in [2.45, 2.75) is 13.5 Å². The Morgan fingerprint density at radius 2 is 1.88 bits per heavy atom. The quantitative estimate of drug-likeness (QED) is 0.878. The van der Waals surface area contributed by atoms with Gasteiger partial charge in [-0.15, -0.1) is 0 Å². The zero-order valence-electron chi connectivity index (χ0n) is 9.48. The Morgan fingerprint density at radius 3 is 2.59 bits per heavy atom. The van der Waals surface area contributed by atoms with Gasteiger partial charge in [0.15, 0.2) is 0 Å². The van der Waals surface area contributed by atoms with Crippen LogP contribution in [0.4, 0.5) is 4.39 Å². The lowest BCUT2D eigenvalue weighted by Crippen LogP contribution is -1.94. The van der Waals surface area contributed by atoms with Crippen LogP contribution in [0.1, 0.15) is 11.1 Å². The highest BCUT2D eigenvalue weighted by Crippen LogP contribution is 2.28. The largest absolute Gasteiger partial charge is 0.457 e. The Bertz CT molecular complexity index is 523. The van der Waals surface area contributed by atoms with Crippen LogP contribution in [0.25, 0.3) is 0 Å². The standard InChI is InChI=1S/C14H13FO2/c1-10-4-2-3-5-13(10)17-14-7-6-12(15)8-11(14)9-16/h2-8,16H,9H2,1H3. The van der Waals surface area contributed by atoms with Gasteiger partial charge in [-0.05, 0) is 36.8 Å². The number of aliphatic hydroxyl groups is 1. The molecule has 0 amide bonds. The first-order valence-corrected chi connectivity index (χ1v) is 5.33. The van der Waals surface area contributed by atoms with E-state index in [0.29, 0.717) is 17.1 Å². The highest BCUT2D eigenvalue weighted by atomic mass is 19.1. The lowest BCUT2D eigenvalue weighted by molar-refractivity contribution is 0.275. The van der Waals surface area contributed by atoms with E-state index in [4.69, 9.17) is 9.84 Å². The Labute approximate surface area is 99.3 Å². The molecule has 2 rings (SSSR count). The van der Waals surface area contributed by atoms with Crippen LogP contribution >= 0.6 is 0 Å². The minimum atomic E-state index is -0.383. The van der Waals surface area contributed by atoms with Gasteiger partial charge in [0, 0.05) is 5.56 Å². The summed E-state index contributed by atoms with van der Waals surface area (Å²) in [5.74, 6) is 0.795. The zero-order chi connectivity index (χ0) is 12.3. The molecule has 0 aliphatic carbocycles. The summed E-state index contributed by atoms with van der Waals surface area (Å²) in [4.78, 5) is 0. The number of ether oxygens (including phenoxy) is 1. The molecule has 2 nitrogen and oxygen atoms in total. The van der Waals surface area contributed by atoms with E-state index in [1.165, 1.54) is 18.2 Å². The second kappa shape index (κ2) is 4.97. The molecule has 3 heteroatoms. The first-order chi connectivity index (χ1) is 8.20. The predicted octanol–water partition coefficient (Wildman–Crippen LogP) is 3.42. The number of halogens is 1. The van der Waals surface area contributed by atoms with Crippen molar-refractivity contribution in [3.05, 3.63) is 59.4 Å². The van der Waals surface area contributed by atoms with Crippen molar-refractivity contribution in [1.82, 2.24) is 0 Å². The second-order valence-electron chi connectivity index (χ2n) is 3.78. The average Bonchev–Trinajstić information content (AvgIpc) is 2.34. The number of aliphatic hydroxyl groups excluding tert-OH is 1. The van der Waals surface area contributed by atoms with Crippen LogP contribution in [-0.4, -0.2) is 5.11 Å². The van der Waals surface area contributed by atoms with Crippen LogP contribution in [-0.2, 0) is 6.61 Å². The van der Waals surface area contributed by atoms with Crippen LogP contribution in [0.3, 0.4) is 0 Å². The minimum absolute atomic E-state index is 0.251. The fraction of sp³-hybridized carbons (Fsp3) is 0.143. The maximum Gasteiger partial charge on any atom is 0.133 e. The molecule has 0 aliphatic rings. The van der Waals surface area contributed by atoms with Crippen molar-refractivity contribution in [3.63, 3.8) is 0 Å². The molecule has 0 saturated heterocycles. The van der Waals surface area contributed by atoms with Gasteiger partial charge in [-0.3, -0.25) is 0 Å². The summed E-state index contributed by atoms with van der Waals surface area (Å²) < 4.78 is 18.6. The lowest BCUT2D eigenvalue weighted by atomic mass is 10.2. The molecule has 0 aliphatic heterocycles. The number of hydrogen-bond acceptors (Lipinski definition) is 2. The van der Waals surface area contributed by atoms with E-state index in [1.807, 2.05) is 31.2 Å². The molecule has 1 N–H and O–H groups in total. The third-order valence-corrected chi connectivity index (χ3v) is 2.51. The SMILES string of the molecule is Cc1ccccc1Oc1ccc(F)cc1CO. The monoisotopic (exact) mass is 232 g/mol. The number of benzene rings is 2. The number of hydrogen-bond donors (Lipinski definition) is 1. The molecular formula is C14H13FO2. The van der Waals surface area contributed by atoms with Crippen molar-refractivity contribution in [1.29, 1.82) is 0 Å². The lowest BCUT2D eigenvalue weighted by Gasteiger charge is -2.11. The summed E-state index contributed by atoms with van der Waals surface area (Å²) in [6, 6.07) is 11.6. The van der Waals surface area contributed by atoms with Gasteiger partial charge in [0.05, 0.1) is 6.61 Å². The van der Waals surface area contributed by atoms with Crippen molar-refractivity contribution in [2.24, 2.45) is 0 Å². The molecule has 0 bridgehead atoms. The van der Waals surface area contributed by atoms with E-state index in [9.17, 15) is 4.39 Å². The highest BCUT2D eigenvalue weighted by molar-refractivity contribution is 5.40. The molecule has 0 radical (unpaired) electrons. The Morgan fingerprint density at radius 1 is 1.12 bits per heavy atom. The van der Waals surface area contributed by atoms with Crippen LogP contribution < -0.4 is 4.74 Å². The van der Waals surface area contributed by atoms with Crippen LogP contribution in [0.15, 0.2) is 42.5 Å². The molecule has 88 valence electrons. The van der Waals surface area contributed by atoms with Gasteiger partial charge in [-0.2, -0.15) is 0 Å². The summed E-state index contributed by atoms with van der Waals surface area (Å²) in [5, 5.41) is 9.14. The van der Waals surface area contributed by atoms with E-state index in [-0.39, 0.29) is 12.4 Å². The number of para-hydroxylation sites is 1. The third-order valence-electron chi connectivity index (χ3n) is 2.51. The first kappa shape index (κ1) is 11.6. The van der Waals surface area contributed by atoms with Crippen molar-refractivity contribution < 1.29 is 14.2 Å². The van der Waals surface area contributed by atoms with E-state index < -0.39 is 0 Å². The van der Waals surface area contributed by atoms with Gasteiger partial charge < -0.3 is 9.84 Å². The number of aryl methyl sites for hydroxylation is 1. The average molecular weight is 232 g/mol. The van der Waals surface area contributed by atoms with E-state index in [1.54, 1.807) is 0 Å². The molecule has 0 saturated carbocycles. The summed E-state index contributed by atoms with van der Waals surface area (Å²) in [5.41, 5.74) is 1.42. The fourth-order valence-electron chi connectivity index (χ4n) is 1.56. The Kier molecular flexibility index (Phi) is 3.40. The molecule has 0 fully saturated rings. The summed E-state index contributed by atoms with van der Waals surface area (Å²) in [6.07, 6.45) is 0. The van der Waals surface area contributed by atoms with E-state index >= 15 is 0 Å². The molecule has 2 aromatic rings. The smallest absolute Gasteiger partial charge is 0.133 e. The number of rotatable bonds is 3. The van der Waals surface area contributed by atoms with E-state index in [0.717, 1.165) is 5.56 Å². The third kappa shape index (κ3) is 2.63. The molecule has 0 atom stereocenters. The van der Waals surface area contributed by atoms with Crippen molar-refractivity contribution >= 4 is 0 Å². The summed E-state index contributed by atoms with van der Waals surface area (Å²) in [6.45, 7) is 1.68. The highest BCUT2D eigenvalue weighted by Gasteiger charge is 2.07.